The highest BCUT2D eigenvalue weighted by Gasteiger charge is 2.38. The van der Waals surface area contributed by atoms with Crippen LogP contribution in [0.2, 0.25) is 25.7 Å². The third kappa shape index (κ3) is 5.86. The highest BCUT2D eigenvalue weighted by Crippen LogP contribution is 2.41. The van der Waals surface area contributed by atoms with Crippen LogP contribution in [-0.2, 0) is 16.2 Å². The van der Waals surface area contributed by atoms with E-state index in [4.69, 9.17) is 20.2 Å². The smallest absolute Gasteiger partial charge is 0.248 e. The van der Waals surface area contributed by atoms with Gasteiger partial charge in [-0.3, -0.25) is 4.57 Å². The molecule has 1 aliphatic carbocycles. The fourth-order valence-corrected chi connectivity index (χ4v) is 5.67. The summed E-state index contributed by atoms with van der Waals surface area (Å²) in [5.41, 5.74) is 8.11. The lowest BCUT2D eigenvalue weighted by atomic mass is 9.82. The van der Waals surface area contributed by atoms with Crippen molar-refractivity contribution in [3.05, 3.63) is 35.3 Å². The van der Waals surface area contributed by atoms with E-state index in [1.165, 1.54) is 0 Å². The third-order valence-electron chi connectivity index (χ3n) is 7.14. The van der Waals surface area contributed by atoms with E-state index in [2.05, 4.69) is 19.6 Å². The first-order chi connectivity index (χ1) is 16.1. The van der Waals surface area contributed by atoms with E-state index < -0.39 is 20.0 Å². The predicted molar refractivity (Wildman–Crippen MR) is 130 cm³/mol. The number of hydrogen-bond donors (Lipinski definition) is 1. The molecule has 2 heterocycles. The van der Waals surface area contributed by atoms with Crippen LogP contribution in [0.25, 0.3) is 11.0 Å². The summed E-state index contributed by atoms with van der Waals surface area (Å²) in [4.78, 5) is 4.70. The molecule has 1 aromatic heterocycles. The lowest BCUT2D eigenvalue weighted by Crippen LogP contribution is -2.32. The number of benzene rings is 1. The van der Waals surface area contributed by atoms with E-state index in [0.29, 0.717) is 67.9 Å². The second-order valence-electron chi connectivity index (χ2n) is 11.0. The SMILES string of the molecule is C[Si](C)(C)CCOCn1c([C@@H](N)C2CCC(F)(F)CC2)nc2ccc([C]3CCOCC3)c(F)c21. The predicted octanol–water partition coefficient (Wildman–Crippen LogP) is 6.05. The van der Waals surface area contributed by atoms with Crippen molar-refractivity contribution in [2.45, 2.75) is 82.9 Å². The molecule has 1 aliphatic heterocycles. The lowest BCUT2D eigenvalue weighted by molar-refractivity contribution is -0.0489. The average Bonchev–Trinajstić information content (AvgIpc) is 3.16. The number of rotatable bonds is 8. The van der Waals surface area contributed by atoms with Gasteiger partial charge in [-0.1, -0.05) is 25.7 Å². The largest absolute Gasteiger partial charge is 0.381 e. The number of halogens is 3. The van der Waals surface area contributed by atoms with Gasteiger partial charge in [-0.25, -0.2) is 18.2 Å². The van der Waals surface area contributed by atoms with E-state index >= 15 is 4.39 Å². The summed E-state index contributed by atoms with van der Waals surface area (Å²) in [6, 6.07) is 4.06. The van der Waals surface area contributed by atoms with Gasteiger partial charge in [0, 0.05) is 46.7 Å². The first kappa shape index (κ1) is 25.7. The molecule has 189 valence electrons. The van der Waals surface area contributed by atoms with Crippen molar-refractivity contribution in [3.63, 3.8) is 0 Å². The maximum absolute atomic E-state index is 15.9. The summed E-state index contributed by atoms with van der Waals surface area (Å²) in [7, 11) is -1.29. The summed E-state index contributed by atoms with van der Waals surface area (Å²) >= 11 is 0. The van der Waals surface area contributed by atoms with Crippen LogP contribution >= 0.6 is 0 Å². The molecule has 1 saturated carbocycles. The second-order valence-corrected chi connectivity index (χ2v) is 16.6. The number of nitrogens with zero attached hydrogens (tertiary/aromatic N) is 2. The van der Waals surface area contributed by atoms with Gasteiger partial charge in [0.1, 0.15) is 18.1 Å². The molecular weight excluding hydrogens is 459 g/mol. The van der Waals surface area contributed by atoms with Crippen molar-refractivity contribution in [2.75, 3.05) is 19.8 Å². The lowest BCUT2D eigenvalue weighted by Gasteiger charge is -2.31. The minimum absolute atomic E-state index is 0.121. The van der Waals surface area contributed by atoms with Gasteiger partial charge in [-0.15, -0.1) is 0 Å². The zero-order chi connectivity index (χ0) is 24.5. The quantitative estimate of drug-likeness (QED) is 0.357. The molecule has 2 N–H and O–H groups in total. The number of aromatic nitrogens is 2. The van der Waals surface area contributed by atoms with E-state index in [0.717, 1.165) is 12.0 Å². The molecule has 1 atom stereocenters. The van der Waals surface area contributed by atoms with Crippen LogP contribution < -0.4 is 5.73 Å². The van der Waals surface area contributed by atoms with E-state index in [1.54, 1.807) is 10.6 Å². The molecule has 2 aromatic rings. The zero-order valence-electron chi connectivity index (χ0n) is 20.5. The number of fused-ring (bicyclic) bond motifs is 1. The number of imidazole rings is 1. The van der Waals surface area contributed by atoms with Crippen LogP contribution in [0, 0.1) is 17.7 Å². The summed E-state index contributed by atoms with van der Waals surface area (Å²) < 4.78 is 56.6. The number of ether oxygens (including phenoxy) is 2. The Labute approximate surface area is 201 Å². The Kier molecular flexibility index (Phi) is 7.76. The number of alkyl halides is 2. The molecule has 2 aliphatic rings. The molecule has 2 fully saturated rings. The molecule has 1 saturated heterocycles. The van der Waals surface area contributed by atoms with Gasteiger partial charge >= 0.3 is 0 Å². The van der Waals surface area contributed by atoms with Crippen LogP contribution in [0.1, 0.15) is 56.0 Å². The Morgan fingerprint density at radius 3 is 2.53 bits per heavy atom. The van der Waals surface area contributed by atoms with Crippen LogP contribution in [0.15, 0.2) is 12.1 Å². The summed E-state index contributed by atoms with van der Waals surface area (Å²) in [6.07, 6.45) is 1.73. The fraction of sp³-hybridized carbons (Fsp3) is 0.680. The molecule has 1 aromatic carbocycles. The third-order valence-corrected chi connectivity index (χ3v) is 8.84. The van der Waals surface area contributed by atoms with Gasteiger partial charge in [-0.2, -0.15) is 0 Å². The maximum Gasteiger partial charge on any atom is 0.248 e. The minimum atomic E-state index is -2.63. The summed E-state index contributed by atoms with van der Waals surface area (Å²) in [5, 5.41) is 0. The zero-order valence-corrected chi connectivity index (χ0v) is 21.5. The van der Waals surface area contributed by atoms with Crippen LogP contribution in [0.5, 0.6) is 0 Å². The fourth-order valence-electron chi connectivity index (χ4n) is 4.91. The van der Waals surface area contributed by atoms with Gasteiger partial charge in [-0.05, 0) is 49.3 Å². The Hall–Kier alpha value is -1.42. The van der Waals surface area contributed by atoms with Crippen LogP contribution in [0.3, 0.4) is 0 Å². The molecule has 0 amide bonds. The van der Waals surface area contributed by atoms with Crippen molar-refractivity contribution in [1.82, 2.24) is 9.55 Å². The number of hydrogen-bond acceptors (Lipinski definition) is 4. The van der Waals surface area contributed by atoms with E-state index in [9.17, 15) is 8.78 Å². The van der Waals surface area contributed by atoms with E-state index in [1.807, 2.05) is 6.07 Å². The van der Waals surface area contributed by atoms with Crippen molar-refractivity contribution in [2.24, 2.45) is 11.7 Å². The molecule has 0 spiro atoms. The monoisotopic (exact) mass is 496 g/mol. The van der Waals surface area contributed by atoms with Gasteiger partial charge in [0.2, 0.25) is 5.92 Å². The second kappa shape index (κ2) is 10.3. The Morgan fingerprint density at radius 1 is 1.21 bits per heavy atom. The molecule has 5 nitrogen and oxygen atoms in total. The van der Waals surface area contributed by atoms with Crippen LogP contribution in [0.4, 0.5) is 13.2 Å². The Bertz CT molecular complexity index is 976. The Balaban J connectivity index is 1.66. The Morgan fingerprint density at radius 2 is 1.88 bits per heavy atom. The van der Waals surface area contributed by atoms with E-state index in [-0.39, 0.29) is 31.3 Å². The first-order valence-electron chi connectivity index (χ1n) is 12.4. The van der Waals surface area contributed by atoms with Gasteiger partial charge in [0.05, 0.1) is 11.6 Å². The molecule has 0 bridgehead atoms. The molecule has 0 unspecified atom stereocenters. The number of nitrogens with two attached hydrogens (primary N) is 1. The highest BCUT2D eigenvalue weighted by molar-refractivity contribution is 6.76. The normalized spacial score (nSPS) is 21.3. The van der Waals surface area contributed by atoms with Gasteiger partial charge in [0.25, 0.3) is 0 Å². The van der Waals surface area contributed by atoms with Gasteiger partial charge < -0.3 is 15.2 Å². The first-order valence-corrected chi connectivity index (χ1v) is 16.1. The highest BCUT2D eigenvalue weighted by atomic mass is 28.3. The minimum Gasteiger partial charge on any atom is -0.381 e. The summed E-state index contributed by atoms with van der Waals surface area (Å²) in [6.45, 7) is 8.74. The molecule has 34 heavy (non-hydrogen) atoms. The molecule has 1 radical (unpaired) electrons. The van der Waals surface area contributed by atoms with Crippen LogP contribution in [-0.4, -0.2) is 43.4 Å². The topological polar surface area (TPSA) is 62.3 Å². The van der Waals surface area contributed by atoms with Crippen molar-refractivity contribution in [1.29, 1.82) is 0 Å². The standard InChI is InChI=1S/C25H37F3N3O2Si/c1-34(2,3)15-14-33-16-31-23-20(5-4-19(21(23)26)17-8-12-32-13-9-17)30-24(31)22(29)18-6-10-25(27,28)11-7-18/h4-5,18,22H,6-16,29H2,1-3H3/t22-/m0/s1. The van der Waals surface area contributed by atoms with Gasteiger partial charge in [0.15, 0.2) is 5.82 Å². The van der Waals surface area contributed by atoms with Crippen molar-refractivity contribution < 1.29 is 22.6 Å². The molecule has 4 rings (SSSR count). The maximum atomic E-state index is 15.9. The summed E-state index contributed by atoms with van der Waals surface area (Å²) in [5.74, 6) is -1.50. The average molecular weight is 497 g/mol. The molecular formula is C25H37F3N3O2Si. The van der Waals surface area contributed by atoms with Crippen molar-refractivity contribution >= 4 is 19.1 Å². The molecule has 9 heteroatoms. The van der Waals surface area contributed by atoms with Crippen molar-refractivity contribution in [3.8, 4) is 0 Å².